The number of nitrogens with one attached hydrogen (secondary N) is 1. The highest BCUT2D eigenvalue weighted by atomic mass is 32.2. The Hall–Kier alpha value is -1.23. The summed E-state index contributed by atoms with van der Waals surface area (Å²) in [5.41, 5.74) is 0.106. The maximum atomic E-state index is 11.7. The van der Waals surface area contributed by atoms with Crippen LogP contribution >= 0.6 is 11.8 Å². The van der Waals surface area contributed by atoms with Gasteiger partial charge in [-0.05, 0) is 24.3 Å². The molecule has 2 N–H and O–H groups in total. The monoisotopic (exact) mass is 224 g/mol. The molecular formula is C10H12N2O2S. The standard InChI is InChI=1S/C10H12N2O2S/c13-8-2-1-4-11-9(8)10(14)12-7-3-5-15-6-7/h1-2,4,7,13H,3,5-6H2,(H,12,14). The molecule has 0 spiro atoms. The van der Waals surface area contributed by atoms with Gasteiger partial charge in [0.15, 0.2) is 5.69 Å². The zero-order chi connectivity index (χ0) is 10.7. The minimum atomic E-state index is -0.291. The summed E-state index contributed by atoms with van der Waals surface area (Å²) in [5.74, 6) is 1.67. The van der Waals surface area contributed by atoms with E-state index in [0.29, 0.717) is 0 Å². The SMILES string of the molecule is O=C(NC1CCSC1)c1ncccc1O. The molecular weight excluding hydrogens is 212 g/mol. The third kappa shape index (κ3) is 2.41. The summed E-state index contributed by atoms with van der Waals surface area (Å²) in [7, 11) is 0. The van der Waals surface area contributed by atoms with Gasteiger partial charge in [-0.3, -0.25) is 4.79 Å². The van der Waals surface area contributed by atoms with Gasteiger partial charge >= 0.3 is 0 Å². The van der Waals surface area contributed by atoms with E-state index < -0.39 is 0 Å². The van der Waals surface area contributed by atoms with Crippen molar-refractivity contribution in [1.82, 2.24) is 10.3 Å². The fourth-order valence-corrected chi connectivity index (χ4v) is 2.63. The number of rotatable bonds is 2. The second kappa shape index (κ2) is 4.53. The molecule has 2 rings (SSSR count). The van der Waals surface area contributed by atoms with Crippen molar-refractivity contribution >= 4 is 17.7 Å². The van der Waals surface area contributed by atoms with Crippen LogP contribution in [0.25, 0.3) is 0 Å². The van der Waals surface area contributed by atoms with Crippen LogP contribution in [0.15, 0.2) is 18.3 Å². The Bertz CT molecular complexity index is 364. The summed E-state index contributed by atoms with van der Waals surface area (Å²) >= 11 is 1.83. The maximum Gasteiger partial charge on any atom is 0.273 e. The lowest BCUT2D eigenvalue weighted by molar-refractivity contribution is 0.0933. The minimum Gasteiger partial charge on any atom is -0.505 e. The first kappa shape index (κ1) is 10.3. The van der Waals surface area contributed by atoms with Crippen molar-refractivity contribution in [1.29, 1.82) is 0 Å². The molecule has 5 heteroatoms. The van der Waals surface area contributed by atoms with Gasteiger partial charge in [-0.1, -0.05) is 0 Å². The van der Waals surface area contributed by atoms with Gasteiger partial charge in [0, 0.05) is 18.0 Å². The van der Waals surface area contributed by atoms with Crippen LogP contribution in [0.5, 0.6) is 5.75 Å². The number of nitrogens with zero attached hydrogens (tertiary/aromatic N) is 1. The Morgan fingerprint density at radius 1 is 1.67 bits per heavy atom. The van der Waals surface area contributed by atoms with Gasteiger partial charge in [-0.15, -0.1) is 0 Å². The van der Waals surface area contributed by atoms with E-state index in [1.807, 2.05) is 11.8 Å². The topological polar surface area (TPSA) is 62.2 Å². The summed E-state index contributed by atoms with van der Waals surface area (Å²) < 4.78 is 0. The fourth-order valence-electron chi connectivity index (χ4n) is 1.47. The van der Waals surface area contributed by atoms with Crippen molar-refractivity contribution < 1.29 is 9.90 Å². The number of aromatic hydroxyl groups is 1. The minimum absolute atomic E-state index is 0.0688. The highest BCUT2D eigenvalue weighted by molar-refractivity contribution is 7.99. The van der Waals surface area contributed by atoms with Crippen LogP contribution in [-0.4, -0.2) is 33.5 Å². The molecule has 1 fully saturated rings. The lowest BCUT2D eigenvalue weighted by atomic mass is 10.2. The van der Waals surface area contributed by atoms with Crippen molar-refractivity contribution in [2.75, 3.05) is 11.5 Å². The van der Waals surface area contributed by atoms with Gasteiger partial charge in [0.2, 0.25) is 0 Å². The molecule has 1 saturated heterocycles. The van der Waals surface area contributed by atoms with Crippen molar-refractivity contribution in [3.05, 3.63) is 24.0 Å². The van der Waals surface area contributed by atoms with E-state index in [1.54, 1.807) is 6.07 Å². The molecule has 1 aliphatic rings. The molecule has 1 unspecified atom stereocenters. The molecule has 2 heterocycles. The molecule has 0 saturated carbocycles. The highest BCUT2D eigenvalue weighted by Gasteiger charge is 2.20. The van der Waals surface area contributed by atoms with E-state index in [9.17, 15) is 9.90 Å². The Morgan fingerprint density at radius 3 is 3.20 bits per heavy atom. The number of hydrogen-bond donors (Lipinski definition) is 2. The van der Waals surface area contributed by atoms with E-state index in [4.69, 9.17) is 0 Å². The molecule has 0 bridgehead atoms. The normalized spacial score (nSPS) is 20.1. The van der Waals surface area contributed by atoms with Crippen LogP contribution in [0.2, 0.25) is 0 Å². The van der Waals surface area contributed by atoms with E-state index in [2.05, 4.69) is 10.3 Å². The molecule has 80 valence electrons. The summed E-state index contributed by atoms with van der Waals surface area (Å²) in [6.07, 6.45) is 2.49. The Morgan fingerprint density at radius 2 is 2.53 bits per heavy atom. The fraction of sp³-hybridized carbons (Fsp3) is 0.400. The second-order valence-corrected chi connectivity index (χ2v) is 4.55. The van der Waals surface area contributed by atoms with Crippen LogP contribution in [0, 0.1) is 0 Å². The largest absolute Gasteiger partial charge is 0.505 e. The Balaban J connectivity index is 2.04. The third-order valence-electron chi connectivity index (χ3n) is 2.27. The lowest BCUT2D eigenvalue weighted by Gasteiger charge is -2.10. The highest BCUT2D eigenvalue weighted by Crippen LogP contribution is 2.18. The van der Waals surface area contributed by atoms with Crippen molar-refractivity contribution in [3.8, 4) is 5.75 Å². The van der Waals surface area contributed by atoms with Crippen molar-refractivity contribution in [2.45, 2.75) is 12.5 Å². The van der Waals surface area contributed by atoms with Crippen molar-refractivity contribution in [2.24, 2.45) is 0 Å². The molecule has 4 nitrogen and oxygen atoms in total. The Labute approximate surface area is 92.1 Å². The molecule has 1 amide bonds. The van der Waals surface area contributed by atoms with E-state index in [0.717, 1.165) is 17.9 Å². The summed E-state index contributed by atoms with van der Waals surface area (Å²) in [4.78, 5) is 15.5. The van der Waals surface area contributed by atoms with E-state index in [1.165, 1.54) is 12.3 Å². The van der Waals surface area contributed by atoms with E-state index >= 15 is 0 Å². The zero-order valence-electron chi connectivity index (χ0n) is 8.14. The van der Waals surface area contributed by atoms with Gasteiger partial charge in [-0.25, -0.2) is 4.98 Å². The molecule has 1 atom stereocenters. The summed E-state index contributed by atoms with van der Waals surface area (Å²) in [6.45, 7) is 0. The average molecular weight is 224 g/mol. The molecule has 0 aliphatic carbocycles. The second-order valence-electron chi connectivity index (χ2n) is 3.41. The van der Waals surface area contributed by atoms with Crippen LogP contribution < -0.4 is 5.32 Å². The average Bonchev–Trinajstić information content (AvgIpc) is 2.71. The third-order valence-corrected chi connectivity index (χ3v) is 3.43. The number of hydrogen-bond acceptors (Lipinski definition) is 4. The van der Waals surface area contributed by atoms with Crippen LogP contribution in [0.4, 0.5) is 0 Å². The first-order valence-corrected chi connectivity index (χ1v) is 5.95. The van der Waals surface area contributed by atoms with Crippen LogP contribution in [0.1, 0.15) is 16.9 Å². The Kier molecular flexibility index (Phi) is 3.11. The molecule has 1 aliphatic heterocycles. The summed E-state index contributed by atoms with van der Waals surface area (Å²) in [5, 5.41) is 12.3. The van der Waals surface area contributed by atoms with Gasteiger partial charge in [0.25, 0.3) is 5.91 Å². The predicted octanol–water partition coefficient (Wildman–Crippen LogP) is 1.02. The number of amides is 1. The predicted molar refractivity (Wildman–Crippen MR) is 59.1 cm³/mol. The quantitative estimate of drug-likeness (QED) is 0.787. The van der Waals surface area contributed by atoms with Gasteiger partial charge < -0.3 is 10.4 Å². The zero-order valence-corrected chi connectivity index (χ0v) is 8.96. The van der Waals surface area contributed by atoms with Gasteiger partial charge in [0.05, 0.1) is 0 Å². The molecule has 0 aromatic carbocycles. The van der Waals surface area contributed by atoms with E-state index in [-0.39, 0.29) is 23.4 Å². The number of thioether (sulfide) groups is 1. The smallest absolute Gasteiger partial charge is 0.273 e. The molecule has 1 aromatic heterocycles. The van der Waals surface area contributed by atoms with Crippen LogP contribution in [0.3, 0.4) is 0 Å². The molecule has 0 radical (unpaired) electrons. The van der Waals surface area contributed by atoms with Gasteiger partial charge in [0.1, 0.15) is 5.75 Å². The summed E-state index contributed by atoms with van der Waals surface area (Å²) in [6, 6.07) is 3.27. The first-order valence-electron chi connectivity index (χ1n) is 4.80. The molecule has 15 heavy (non-hydrogen) atoms. The first-order chi connectivity index (χ1) is 7.27. The number of carbonyl (C=O) groups excluding carboxylic acids is 1. The number of aromatic nitrogens is 1. The number of carbonyl (C=O) groups is 1. The maximum absolute atomic E-state index is 11.7. The molecule has 1 aromatic rings. The lowest BCUT2D eigenvalue weighted by Crippen LogP contribution is -2.35. The van der Waals surface area contributed by atoms with Crippen LogP contribution in [-0.2, 0) is 0 Å². The van der Waals surface area contributed by atoms with Crippen molar-refractivity contribution in [3.63, 3.8) is 0 Å². The van der Waals surface area contributed by atoms with Gasteiger partial charge in [-0.2, -0.15) is 11.8 Å². The number of pyridine rings is 1.